The summed E-state index contributed by atoms with van der Waals surface area (Å²) in [6, 6.07) is 0. The minimum atomic E-state index is -3.37. The van der Waals surface area contributed by atoms with E-state index in [0.29, 0.717) is 0 Å². The number of sulfonamides is 1. The molecular weight excluding hydrogens is 214 g/mol. The molecule has 0 radical (unpaired) electrons. The third-order valence-corrected chi connectivity index (χ3v) is 4.56. The molecule has 0 aromatic carbocycles. The second kappa shape index (κ2) is 4.12. The van der Waals surface area contributed by atoms with E-state index in [-0.39, 0.29) is 23.5 Å². The Morgan fingerprint density at radius 2 is 1.73 bits per heavy atom. The zero-order chi connectivity index (χ0) is 10.9. The van der Waals surface area contributed by atoms with E-state index in [2.05, 4.69) is 4.72 Å². The Labute approximate surface area is 90.5 Å². The Morgan fingerprint density at radius 1 is 1.13 bits per heavy atom. The third-order valence-electron chi connectivity index (χ3n) is 3.13. The van der Waals surface area contributed by atoms with Crippen molar-refractivity contribution in [1.29, 1.82) is 0 Å². The molecule has 2 aliphatic rings. The number of hydrogen-bond donors (Lipinski definition) is 1. The average molecular weight is 231 g/mol. The maximum Gasteiger partial charge on any atom is 0.236 e. The Balaban J connectivity index is 1.85. The Hall–Kier alpha value is -0.580. The van der Waals surface area contributed by atoms with Crippen LogP contribution in [0.2, 0.25) is 0 Å². The van der Waals surface area contributed by atoms with Crippen LogP contribution in [0.4, 0.5) is 0 Å². The van der Waals surface area contributed by atoms with Gasteiger partial charge < -0.3 is 0 Å². The van der Waals surface area contributed by atoms with Gasteiger partial charge in [-0.25, -0.2) is 8.42 Å². The molecule has 86 valence electrons. The van der Waals surface area contributed by atoms with E-state index in [9.17, 15) is 13.2 Å². The molecule has 0 atom stereocenters. The summed E-state index contributed by atoms with van der Waals surface area (Å²) in [6.45, 7) is 0. The third kappa shape index (κ3) is 3.19. The van der Waals surface area contributed by atoms with Crippen LogP contribution >= 0.6 is 0 Å². The number of carbonyl (C=O) groups is 1. The first-order valence-corrected chi connectivity index (χ1v) is 7.26. The molecule has 5 heteroatoms. The number of nitrogens with one attached hydrogen (secondary N) is 1. The maximum absolute atomic E-state index is 11.6. The Bertz CT molecular complexity index is 340. The second-order valence-electron chi connectivity index (χ2n) is 4.67. The molecule has 1 amide bonds. The lowest BCUT2D eigenvalue weighted by Crippen LogP contribution is -2.35. The van der Waals surface area contributed by atoms with Crippen molar-refractivity contribution in [3.8, 4) is 0 Å². The summed E-state index contributed by atoms with van der Waals surface area (Å²) in [6.07, 6.45) is 5.89. The molecule has 0 aliphatic heterocycles. The smallest absolute Gasteiger partial charge is 0.236 e. The van der Waals surface area contributed by atoms with Crippen molar-refractivity contribution in [3.63, 3.8) is 0 Å². The first-order valence-electron chi connectivity index (χ1n) is 5.61. The summed E-state index contributed by atoms with van der Waals surface area (Å²) in [5.41, 5.74) is 0. The molecule has 1 N–H and O–H groups in total. The number of amides is 1. The molecule has 2 rings (SSSR count). The van der Waals surface area contributed by atoms with Crippen molar-refractivity contribution in [2.24, 2.45) is 11.8 Å². The zero-order valence-corrected chi connectivity index (χ0v) is 9.55. The minimum absolute atomic E-state index is 0.0386. The highest BCUT2D eigenvalue weighted by atomic mass is 32.2. The molecule has 2 aliphatic carbocycles. The Kier molecular flexibility index (Phi) is 3.00. The van der Waals surface area contributed by atoms with Crippen LogP contribution in [-0.4, -0.2) is 20.1 Å². The van der Waals surface area contributed by atoms with Crippen LogP contribution < -0.4 is 4.72 Å². The van der Waals surface area contributed by atoms with Crippen LogP contribution in [0.5, 0.6) is 0 Å². The summed E-state index contributed by atoms with van der Waals surface area (Å²) >= 11 is 0. The van der Waals surface area contributed by atoms with Gasteiger partial charge >= 0.3 is 0 Å². The summed E-state index contributed by atoms with van der Waals surface area (Å²) in [5, 5.41) is 0. The van der Waals surface area contributed by atoms with Gasteiger partial charge in [-0.2, -0.15) is 0 Å². The van der Waals surface area contributed by atoms with Crippen molar-refractivity contribution < 1.29 is 13.2 Å². The molecule has 0 unspecified atom stereocenters. The lowest BCUT2D eigenvalue weighted by atomic mass is 10.1. The van der Waals surface area contributed by atoms with Crippen LogP contribution in [0.1, 0.15) is 38.5 Å². The van der Waals surface area contributed by atoms with E-state index >= 15 is 0 Å². The van der Waals surface area contributed by atoms with Crippen molar-refractivity contribution in [1.82, 2.24) is 4.72 Å². The number of hydrogen-bond acceptors (Lipinski definition) is 3. The molecular formula is C10H17NO3S. The van der Waals surface area contributed by atoms with Gasteiger partial charge in [-0.05, 0) is 31.6 Å². The van der Waals surface area contributed by atoms with Crippen molar-refractivity contribution in [2.75, 3.05) is 5.75 Å². The summed E-state index contributed by atoms with van der Waals surface area (Å²) in [5.74, 6) is 0.0525. The number of carbonyl (C=O) groups excluding carboxylic acids is 1. The first kappa shape index (κ1) is 10.9. The van der Waals surface area contributed by atoms with E-state index < -0.39 is 10.0 Å². The van der Waals surface area contributed by atoms with Crippen LogP contribution in [0.3, 0.4) is 0 Å². The predicted octanol–water partition coefficient (Wildman–Crippen LogP) is 1.03. The van der Waals surface area contributed by atoms with Crippen LogP contribution in [0.15, 0.2) is 0 Å². The van der Waals surface area contributed by atoms with Crippen molar-refractivity contribution in [2.45, 2.75) is 38.5 Å². The van der Waals surface area contributed by atoms with E-state index in [1.54, 1.807) is 0 Å². The van der Waals surface area contributed by atoms with E-state index in [4.69, 9.17) is 0 Å². The van der Waals surface area contributed by atoms with Gasteiger partial charge in [0.05, 0.1) is 5.75 Å². The van der Waals surface area contributed by atoms with E-state index in [0.717, 1.165) is 38.5 Å². The van der Waals surface area contributed by atoms with Gasteiger partial charge in [0.2, 0.25) is 15.9 Å². The molecule has 0 spiro atoms. The van der Waals surface area contributed by atoms with Crippen molar-refractivity contribution >= 4 is 15.9 Å². The molecule has 0 heterocycles. The van der Waals surface area contributed by atoms with Gasteiger partial charge in [0.1, 0.15) is 0 Å². The Morgan fingerprint density at radius 3 is 2.27 bits per heavy atom. The molecule has 0 saturated heterocycles. The van der Waals surface area contributed by atoms with Crippen LogP contribution in [0.25, 0.3) is 0 Å². The summed E-state index contributed by atoms with van der Waals surface area (Å²) in [4.78, 5) is 11.3. The highest BCUT2D eigenvalue weighted by Crippen LogP contribution is 2.29. The monoisotopic (exact) mass is 231 g/mol. The first-order chi connectivity index (χ1) is 7.07. The zero-order valence-electron chi connectivity index (χ0n) is 8.74. The fraction of sp³-hybridized carbons (Fsp3) is 0.900. The van der Waals surface area contributed by atoms with Crippen LogP contribution in [0, 0.1) is 11.8 Å². The molecule has 4 nitrogen and oxygen atoms in total. The van der Waals surface area contributed by atoms with Gasteiger partial charge in [0, 0.05) is 5.92 Å². The molecule has 0 bridgehead atoms. The molecule has 0 aromatic rings. The SMILES string of the molecule is O=C(NS(=O)(=O)CC1CCCC1)C1CC1. The maximum atomic E-state index is 11.6. The fourth-order valence-electron chi connectivity index (χ4n) is 2.11. The van der Waals surface area contributed by atoms with E-state index in [1.807, 2.05) is 0 Å². The normalized spacial score (nSPS) is 22.9. The topological polar surface area (TPSA) is 63.2 Å². The fourth-order valence-corrected chi connectivity index (χ4v) is 3.62. The van der Waals surface area contributed by atoms with E-state index in [1.165, 1.54) is 0 Å². The molecule has 2 saturated carbocycles. The van der Waals surface area contributed by atoms with Crippen LogP contribution in [-0.2, 0) is 14.8 Å². The van der Waals surface area contributed by atoms with Gasteiger partial charge in [0.15, 0.2) is 0 Å². The minimum Gasteiger partial charge on any atom is -0.274 e. The highest BCUT2D eigenvalue weighted by Gasteiger charge is 2.33. The van der Waals surface area contributed by atoms with Gasteiger partial charge in [0.25, 0.3) is 0 Å². The highest BCUT2D eigenvalue weighted by molar-refractivity contribution is 7.90. The predicted molar refractivity (Wildman–Crippen MR) is 56.6 cm³/mol. The van der Waals surface area contributed by atoms with Gasteiger partial charge in [-0.3, -0.25) is 9.52 Å². The lowest BCUT2D eigenvalue weighted by Gasteiger charge is -2.10. The summed E-state index contributed by atoms with van der Waals surface area (Å²) < 4.78 is 25.4. The molecule has 0 aromatic heterocycles. The standard InChI is InChI=1S/C10H17NO3S/c12-10(9-5-6-9)11-15(13,14)7-8-3-1-2-4-8/h8-9H,1-7H2,(H,11,12). The second-order valence-corrected chi connectivity index (χ2v) is 6.44. The number of rotatable bonds is 4. The quantitative estimate of drug-likeness (QED) is 0.786. The summed E-state index contributed by atoms with van der Waals surface area (Å²) in [7, 11) is -3.37. The largest absolute Gasteiger partial charge is 0.274 e. The molecule has 2 fully saturated rings. The van der Waals surface area contributed by atoms with Gasteiger partial charge in [-0.1, -0.05) is 12.8 Å². The lowest BCUT2D eigenvalue weighted by molar-refractivity contribution is -0.120. The van der Waals surface area contributed by atoms with Crippen molar-refractivity contribution in [3.05, 3.63) is 0 Å². The average Bonchev–Trinajstić information content (AvgIpc) is 2.86. The van der Waals surface area contributed by atoms with Gasteiger partial charge in [-0.15, -0.1) is 0 Å². The molecule has 15 heavy (non-hydrogen) atoms.